The lowest BCUT2D eigenvalue weighted by Gasteiger charge is -2.29. The Morgan fingerprint density at radius 2 is 2.07 bits per heavy atom. The Balaban J connectivity index is 2.05. The van der Waals surface area contributed by atoms with Crippen LogP contribution in [-0.2, 0) is 0 Å². The zero-order valence-corrected chi connectivity index (χ0v) is 8.56. The first-order chi connectivity index (χ1) is 7.45. The van der Waals surface area contributed by atoms with Crippen molar-refractivity contribution in [1.29, 1.82) is 0 Å². The lowest BCUT2D eigenvalue weighted by atomic mass is 10.3. The first-order valence-electron chi connectivity index (χ1n) is 5.33. The van der Waals surface area contributed by atoms with Crippen molar-refractivity contribution < 1.29 is 0 Å². The molecule has 0 spiro atoms. The van der Waals surface area contributed by atoms with Crippen LogP contribution < -0.4 is 10.2 Å². The van der Waals surface area contributed by atoms with Gasteiger partial charge in [-0.25, -0.2) is 4.98 Å². The van der Waals surface area contributed by atoms with E-state index in [1.165, 1.54) is 5.82 Å². The second-order valence-corrected chi connectivity index (χ2v) is 3.78. The fourth-order valence-corrected chi connectivity index (χ4v) is 2.08. The first-order valence-corrected chi connectivity index (χ1v) is 5.33. The monoisotopic (exact) mass is 202 g/mol. The molecule has 0 aromatic carbocycles. The molecule has 3 heterocycles. The van der Waals surface area contributed by atoms with E-state index in [9.17, 15) is 0 Å². The van der Waals surface area contributed by atoms with Crippen LogP contribution in [-0.4, -0.2) is 35.6 Å². The number of fused-ring (bicyclic) bond motifs is 1. The number of hydrogen-bond donors (Lipinski definition) is 1. The van der Waals surface area contributed by atoms with Gasteiger partial charge in [0.15, 0.2) is 0 Å². The fourth-order valence-electron chi connectivity index (χ4n) is 2.08. The van der Waals surface area contributed by atoms with Gasteiger partial charge in [-0.3, -0.25) is 4.40 Å². The summed E-state index contributed by atoms with van der Waals surface area (Å²) in [5, 5.41) is 3.36. The number of rotatable bonds is 1. The van der Waals surface area contributed by atoms with Crippen LogP contribution >= 0.6 is 0 Å². The summed E-state index contributed by atoms with van der Waals surface area (Å²) >= 11 is 0. The van der Waals surface area contributed by atoms with Gasteiger partial charge in [-0.05, 0) is 12.1 Å². The largest absolute Gasteiger partial charge is 0.355 e. The highest BCUT2D eigenvalue weighted by molar-refractivity contribution is 5.51. The quantitative estimate of drug-likeness (QED) is 0.740. The average Bonchev–Trinajstić information content (AvgIpc) is 2.78. The molecule has 0 amide bonds. The molecular formula is C11H14N4. The van der Waals surface area contributed by atoms with Crippen molar-refractivity contribution in [2.75, 3.05) is 31.1 Å². The molecule has 0 unspecified atom stereocenters. The minimum Gasteiger partial charge on any atom is -0.355 e. The standard InChI is InChI=1S/C11H14N4/c1-2-10-13-6-9-15(10)11(3-1)14-7-4-12-5-8-14/h1-3,6,9,12H,4-5,7-8H2. The normalized spacial score (nSPS) is 17.2. The molecule has 4 heteroatoms. The van der Waals surface area contributed by atoms with Gasteiger partial charge in [-0.1, -0.05) is 6.07 Å². The molecule has 1 aliphatic heterocycles. The predicted octanol–water partition coefficient (Wildman–Crippen LogP) is 0.744. The van der Waals surface area contributed by atoms with Crippen molar-refractivity contribution in [3.8, 4) is 0 Å². The van der Waals surface area contributed by atoms with Gasteiger partial charge in [0.05, 0.1) is 0 Å². The molecule has 3 rings (SSSR count). The van der Waals surface area contributed by atoms with Gasteiger partial charge in [0.1, 0.15) is 11.5 Å². The summed E-state index contributed by atoms with van der Waals surface area (Å²) < 4.78 is 2.14. The highest BCUT2D eigenvalue weighted by Gasteiger charge is 2.12. The summed E-state index contributed by atoms with van der Waals surface area (Å²) in [7, 11) is 0. The summed E-state index contributed by atoms with van der Waals surface area (Å²) in [5.74, 6) is 1.24. The molecule has 1 fully saturated rings. The van der Waals surface area contributed by atoms with E-state index in [0.717, 1.165) is 31.8 Å². The zero-order valence-electron chi connectivity index (χ0n) is 8.56. The maximum atomic E-state index is 4.29. The Morgan fingerprint density at radius 1 is 1.20 bits per heavy atom. The number of anilines is 1. The molecule has 1 saturated heterocycles. The van der Waals surface area contributed by atoms with E-state index in [1.54, 1.807) is 0 Å². The summed E-state index contributed by atoms with van der Waals surface area (Å²) in [4.78, 5) is 6.69. The van der Waals surface area contributed by atoms with Crippen LogP contribution in [0.25, 0.3) is 5.65 Å². The maximum absolute atomic E-state index is 4.29. The Kier molecular flexibility index (Phi) is 2.07. The van der Waals surface area contributed by atoms with Crippen LogP contribution in [0.1, 0.15) is 0 Å². The summed E-state index contributed by atoms with van der Waals surface area (Å²) in [6.07, 6.45) is 3.87. The third-order valence-corrected chi connectivity index (χ3v) is 2.85. The summed E-state index contributed by atoms with van der Waals surface area (Å²) in [6, 6.07) is 6.26. The SMILES string of the molecule is c1cc(N2CCNCC2)n2ccnc2c1. The van der Waals surface area contributed by atoms with E-state index >= 15 is 0 Å². The van der Waals surface area contributed by atoms with Crippen molar-refractivity contribution in [2.24, 2.45) is 0 Å². The molecule has 4 nitrogen and oxygen atoms in total. The van der Waals surface area contributed by atoms with Crippen molar-refractivity contribution in [3.05, 3.63) is 30.6 Å². The number of hydrogen-bond acceptors (Lipinski definition) is 3. The summed E-state index contributed by atoms with van der Waals surface area (Å²) in [6.45, 7) is 4.25. The third kappa shape index (κ3) is 1.47. The van der Waals surface area contributed by atoms with Crippen LogP contribution in [0.3, 0.4) is 0 Å². The number of nitrogens with one attached hydrogen (secondary N) is 1. The van der Waals surface area contributed by atoms with Gasteiger partial charge < -0.3 is 10.2 Å². The Labute approximate surface area is 88.5 Å². The van der Waals surface area contributed by atoms with Crippen molar-refractivity contribution in [1.82, 2.24) is 14.7 Å². The number of imidazole rings is 1. The van der Waals surface area contributed by atoms with Gasteiger partial charge in [0.2, 0.25) is 0 Å². The summed E-state index contributed by atoms with van der Waals surface area (Å²) in [5.41, 5.74) is 1.02. The second kappa shape index (κ2) is 3.55. The molecule has 2 aromatic heterocycles. The highest BCUT2D eigenvalue weighted by atomic mass is 15.3. The van der Waals surface area contributed by atoms with Gasteiger partial charge >= 0.3 is 0 Å². The number of piperazine rings is 1. The van der Waals surface area contributed by atoms with E-state index in [1.807, 2.05) is 18.5 Å². The lowest BCUT2D eigenvalue weighted by molar-refractivity contribution is 0.583. The van der Waals surface area contributed by atoms with Crippen LogP contribution in [0, 0.1) is 0 Å². The molecule has 0 aliphatic carbocycles. The van der Waals surface area contributed by atoms with Crippen LogP contribution in [0.15, 0.2) is 30.6 Å². The van der Waals surface area contributed by atoms with E-state index in [-0.39, 0.29) is 0 Å². The molecule has 0 saturated carbocycles. The van der Waals surface area contributed by atoms with Crippen LogP contribution in [0.2, 0.25) is 0 Å². The molecule has 0 radical (unpaired) electrons. The molecule has 1 aliphatic rings. The predicted molar refractivity (Wildman–Crippen MR) is 60.3 cm³/mol. The molecule has 0 atom stereocenters. The van der Waals surface area contributed by atoms with Crippen molar-refractivity contribution >= 4 is 11.5 Å². The van der Waals surface area contributed by atoms with Crippen molar-refractivity contribution in [2.45, 2.75) is 0 Å². The maximum Gasteiger partial charge on any atom is 0.138 e. The lowest BCUT2D eigenvalue weighted by Crippen LogP contribution is -2.44. The first kappa shape index (κ1) is 8.73. The highest BCUT2D eigenvalue weighted by Crippen LogP contribution is 2.16. The number of nitrogens with zero attached hydrogens (tertiary/aromatic N) is 3. The van der Waals surface area contributed by atoms with Crippen molar-refractivity contribution in [3.63, 3.8) is 0 Å². The molecule has 2 aromatic rings. The molecule has 78 valence electrons. The number of aromatic nitrogens is 2. The van der Waals surface area contributed by atoms with E-state index in [0.29, 0.717) is 0 Å². The topological polar surface area (TPSA) is 32.6 Å². The zero-order chi connectivity index (χ0) is 10.1. The van der Waals surface area contributed by atoms with Gasteiger partial charge in [0, 0.05) is 38.6 Å². The van der Waals surface area contributed by atoms with E-state index in [2.05, 4.69) is 31.7 Å². The molecular weight excluding hydrogens is 188 g/mol. The Bertz CT molecular complexity index is 456. The molecule has 0 bridgehead atoms. The number of pyridine rings is 1. The van der Waals surface area contributed by atoms with Crippen LogP contribution in [0.4, 0.5) is 5.82 Å². The van der Waals surface area contributed by atoms with E-state index in [4.69, 9.17) is 0 Å². The molecule has 15 heavy (non-hydrogen) atoms. The van der Waals surface area contributed by atoms with Gasteiger partial charge in [-0.15, -0.1) is 0 Å². The molecule has 1 N–H and O–H groups in total. The second-order valence-electron chi connectivity index (χ2n) is 3.78. The minimum atomic E-state index is 1.02. The Hall–Kier alpha value is -1.55. The fraction of sp³-hybridized carbons (Fsp3) is 0.364. The van der Waals surface area contributed by atoms with Gasteiger partial charge in [-0.2, -0.15) is 0 Å². The minimum absolute atomic E-state index is 1.02. The van der Waals surface area contributed by atoms with E-state index < -0.39 is 0 Å². The van der Waals surface area contributed by atoms with Crippen LogP contribution in [0.5, 0.6) is 0 Å². The Morgan fingerprint density at radius 3 is 2.93 bits per heavy atom. The average molecular weight is 202 g/mol. The van der Waals surface area contributed by atoms with Gasteiger partial charge in [0.25, 0.3) is 0 Å². The third-order valence-electron chi connectivity index (χ3n) is 2.85. The smallest absolute Gasteiger partial charge is 0.138 e.